The van der Waals surface area contributed by atoms with E-state index in [1.807, 2.05) is 0 Å². The van der Waals surface area contributed by atoms with E-state index in [1.54, 1.807) is 0 Å². The highest BCUT2D eigenvalue weighted by Crippen LogP contribution is 2.21. The van der Waals surface area contributed by atoms with Crippen LogP contribution in [0.25, 0.3) is 0 Å². The van der Waals surface area contributed by atoms with Crippen molar-refractivity contribution in [2.75, 3.05) is 0 Å². The van der Waals surface area contributed by atoms with E-state index in [1.165, 1.54) is 16.7 Å². The summed E-state index contributed by atoms with van der Waals surface area (Å²) >= 11 is 0. The summed E-state index contributed by atoms with van der Waals surface area (Å²) in [6.45, 7) is 6.37. The van der Waals surface area contributed by atoms with E-state index in [-0.39, 0.29) is 6.04 Å². The third-order valence-electron chi connectivity index (χ3n) is 2.35. The zero-order valence-corrected chi connectivity index (χ0v) is 8.09. The molecule has 1 unspecified atom stereocenters. The third kappa shape index (κ3) is 1.67. The Labute approximate surface area is 74.6 Å². The number of aryl methyl sites for hydroxylation is 2. The van der Waals surface area contributed by atoms with E-state index in [0.717, 1.165) is 6.42 Å². The molecule has 0 radical (unpaired) electrons. The lowest BCUT2D eigenvalue weighted by Crippen LogP contribution is -2.11. The quantitative estimate of drug-likeness (QED) is 0.712. The molecule has 0 aliphatic heterocycles. The highest BCUT2D eigenvalue weighted by molar-refractivity contribution is 5.35. The molecule has 0 spiro atoms. The van der Waals surface area contributed by atoms with Gasteiger partial charge >= 0.3 is 0 Å². The van der Waals surface area contributed by atoms with Gasteiger partial charge in [-0.15, -0.1) is 0 Å². The monoisotopic (exact) mass is 163 g/mol. The second-order valence-electron chi connectivity index (χ2n) is 3.32. The van der Waals surface area contributed by atoms with Crippen molar-refractivity contribution in [3.8, 4) is 0 Å². The van der Waals surface area contributed by atoms with Gasteiger partial charge in [0.15, 0.2) is 0 Å². The van der Waals surface area contributed by atoms with Crippen molar-refractivity contribution < 1.29 is 0 Å². The van der Waals surface area contributed by atoms with Crippen molar-refractivity contribution in [2.45, 2.75) is 33.2 Å². The standard InChI is InChI=1S/C11H17N/c1-4-10(12)11-8(2)6-5-7-9(11)3/h5-7,10H,4,12H2,1-3H3. The second-order valence-corrected chi connectivity index (χ2v) is 3.32. The van der Waals surface area contributed by atoms with E-state index < -0.39 is 0 Å². The molecule has 0 bridgehead atoms. The molecule has 2 N–H and O–H groups in total. The maximum atomic E-state index is 6.00. The van der Waals surface area contributed by atoms with E-state index in [9.17, 15) is 0 Å². The predicted molar refractivity (Wildman–Crippen MR) is 53.1 cm³/mol. The zero-order valence-electron chi connectivity index (χ0n) is 8.09. The van der Waals surface area contributed by atoms with Gasteiger partial charge < -0.3 is 5.73 Å². The van der Waals surface area contributed by atoms with E-state index in [2.05, 4.69) is 39.0 Å². The molecule has 1 atom stereocenters. The molecular weight excluding hydrogens is 146 g/mol. The molecule has 0 saturated heterocycles. The summed E-state index contributed by atoms with van der Waals surface area (Å²) in [5, 5.41) is 0. The molecule has 1 aromatic rings. The summed E-state index contributed by atoms with van der Waals surface area (Å²) in [7, 11) is 0. The van der Waals surface area contributed by atoms with Crippen molar-refractivity contribution in [1.29, 1.82) is 0 Å². The number of nitrogens with two attached hydrogens (primary N) is 1. The Morgan fingerprint density at radius 1 is 1.25 bits per heavy atom. The highest BCUT2D eigenvalue weighted by atomic mass is 14.6. The van der Waals surface area contributed by atoms with Crippen LogP contribution in [0.15, 0.2) is 18.2 Å². The first-order chi connectivity index (χ1) is 5.66. The van der Waals surface area contributed by atoms with Gasteiger partial charge in [-0.2, -0.15) is 0 Å². The van der Waals surface area contributed by atoms with Gasteiger partial charge in [0.05, 0.1) is 0 Å². The van der Waals surface area contributed by atoms with Crippen LogP contribution in [0.4, 0.5) is 0 Å². The molecule has 0 saturated carbocycles. The van der Waals surface area contributed by atoms with Crippen LogP contribution >= 0.6 is 0 Å². The number of hydrogen-bond donors (Lipinski definition) is 1. The van der Waals surface area contributed by atoms with Gasteiger partial charge in [0, 0.05) is 6.04 Å². The van der Waals surface area contributed by atoms with Gasteiger partial charge in [0.25, 0.3) is 0 Å². The van der Waals surface area contributed by atoms with Gasteiger partial charge in [-0.25, -0.2) is 0 Å². The van der Waals surface area contributed by atoms with Gasteiger partial charge in [0.1, 0.15) is 0 Å². The minimum absolute atomic E-state index is 0.200. The Hall–Kier alpha value is -0.820. The molecule has 0 aromatic heterocycles. The van der Waals surface area contributed by atoms with Gasteiger partial charge in [-0.05, 0) is 37.0 Å². The summed E-state index contributed by atoms with van der Waals surface area (Å²) in [4.78, 5) is 0. The van der Waals surface area contributed by atoms with Crippen LogP contribution in [0, 0.1) is 13.8 Å². The first-order valence-electron chi connectivity index (χ1n) is 4.48. The van der Waals surface area contributed by atoms with E-state index in [4.69, 9.17) is 5.73 Å². The molecule has 66 valence electrons. The molecule has 1 nitrogen and oxygen atoms in total. The molecule has 0 aliphatic carbocycles. The average molecular weight is 163 g/mol. The molecule has 0 aliphatic rings. The molecule has 1 heteroatoms. The minimum atomic E-state index is 0.200. The molecule has 0 fully saturated rings. The van der Waals surface area contributed by atoms with Crippen molar-refractivity contribution in [3.63, 3.8) is 0 Å². The van der Waals surface area contributed by atoms with Crippen molar-refractivity contribution >= 4 is 0 Å². The number of rotatable bonds is 2. The lowest BCUT2D eigenvalue weighted by atomic mass is 9.95. The van der Waals surface area contributed by atoms with Crippen molar-refractivity contribution in [3.05, 3.63) is 34.9 Å². The lowest BCUT2D eigenvalue weighted by Gasteiger charge is -2.15. The zero-order chi connectivity index (χ0) is 9.14. The maximum Gasteiger partial charge on any atom is 0.0297 e. The van der Waals surface area contributed by atoms with Crippen LogP contribution in [-0.4, -0.2) is 0 Å². The van der Waals surface area contributed by atoms with Crippen LogP contribution in [0.5, 0.6) is 0 Å². The van der Waals surface area contributed by atoms with Gasteiger partial charge in [-0.3, -0.25) is 0 Å². The summed E-state index contributed by atoms with van der Waals surface area (Å²) in [6, 6.07) is 6.53. The lowest BCUT2D eigenvalue weighted by molar-refractivity contribution is 0.689. The summed E-state index contributed by atoms with van der Waals surface area (Å²) in [6.07, 6.45) is 1.01. The Kier molecular flexibility index (Phi) is 2.88. The Morgan fingerprint density at radius 3 is 2.17 bits per heavy atom. The largest absolute Gasteiger partial charge is 0.324 e. The van der Waals surface area contributed by atoms with Crippen LogP contribution < -0.4 is 5.73 Å². The third-order valence-corrected chi connectivity index (χ3v) is 2.35. The fraction of sp³-hybridized carbons (Fsp3) is 0.455. The van der Waals surface area contributed by atoms with Gasteiger partial charge in [0.2, 0.25) is 0 Å². The molecule has 0 heterocycles. The molecule has 12 heavy (non-hydrogen) atoms. The molecule has 1 rings (SSSR count). The normalized spacial score (nSPS) is 13.0. The van der Waals surface area contributed by atoms with E-state index >= 15 is 0 Å². The average Bonchev–Trinajstić information content (AvgIpc) is 2.03. The number of benzene rings is 1. The van der Waals surface area contributed by atoms with E-state index in [0.29, 0.717) is 0 Å². The predicted octanol–water partition coefficient (Wildman–Crippen LogP) is 2.71. The van der Waals surface area contributed by atoms with Crippen LogP contribution in [0.2, 0.25) is 0 Å². The van der Waals surface area contributed by atoms with Crippen LogP contribution in [0.3, 0.4) is 0 Å². The summed E-state index contributed by atoms with van der Waals surface area (Å²) in [5.41, 5.74) is 9.93. The first kappa shape index (κ1) is 9.27. The Balaban J connectivity index is 3.12. The minimum Gasteiger partial charge on any atom is -0.324 e. The highest BCUT2D eigenvalue weighted by Gasteiger charge is 2.08. The fourth-order valence-electron chi connectivity index (χ4n) is 1.62. The maximum absolute atomic E-state index is 6.00. The van der Waals surface area contributed by atoms with Crippen LogP contribution in [0.1, 0.15) is 36.1 Å². The molecular formula is C11H17N. The summed E-state index contributed by atoms with van der Waals surface area (Å²) in [5.74, 6) is 0. The SMILES string of the molecule is CCC(N)c1c(C)cccc1C. The number of hydrogen-bond acceptors (Lipinski definition) is 1. The van der Waals surface area contributed by atoms with Crippen molar-refractivity contribution in [1.82, 2.24) is 0 Å². The topological polar surface area (TPSA) is 26.0 Å². The molecule has 0 amide bonds. The Bertz CT molecular complexity index is 245. The van der Waals surface area contributed by atoms with Crippen LogP contribution in [-0.2, 0) is 0 Å². The summed E-state index contributed by atoms with van der Waals surface area (Å²) < 4.78 is 0. The molecule has 1 aromatic carbocycles. The fourth-order valence-corrected chi connectivity index (χ4v) is 1.62. The second kappa shape index (κ2) is 3.72. The Morgan fingerprint density at radius 2 is 1.75 bits per heavy atom. The smallest absolute Gasteiger partial charge is 0.0297 e. The van der Waals surface area contributed by atoms with Gasteiger partial charge in [-0.1, -0.05) is 25.1 Å². The first-order valence-corrected chi connectivity index (χ1v) is 4.48. The van der Waals surface area contributed by atoms with Crippen molar-refractivity contribution in [2.24, 2.45) is 5.73 Å².